The van der Waals surface area contributed by atoms with Crippen LogP contribution in [-0.2, 0) is 16.6 Å². The Hall–Kier alpha value is -2.58. The van der Waals surface area contributed by atoms with Crippen molar-refractivity contribution < 1.29 is 17.9 Å². The Labute approximate surface area is 172 Å². The van der Waals surface area contributed by atoms with Crippen LogP contribution in [0.4, 0.5) is 5.69 Å². The van der Waals surface area contributed by atoms with Crippen LogP contribution < -0.4 is 14.8 Å². The molecule has 2 N–H and O–H groups in total. The van der Waals surface area contributed by atoms with Gasteiger partial charge in [-0.05, 0) is 49.1 Å². The highest BCUT2D eigenvalue weighted by Crippen LogP contribution is 2.27. The second-order valence-electron chi connectivity index (χ2n) is 7.24. The lowest BCUT2D eigenvalue weighted by Gasteiger charge is -2.31. The van der Waals surface area contributed by atoms with E-state index in [0.717, 1.165) is 24.3 Å². The molecule has 2 aromatic carbocycles. The summed E-state index contributed by atoms with van der Waals surface area (Å²) in [6.07, 6.45) is 3.58. The fraction of sp³-hybridized carbons (Fsp3) is 0.381. The van der Waals surface area contributed by atoms with E-state index in [0.29, 0.717) is 12.3 Å². The van der Waals surface area contributed by atoms with Gasteiger partial charge in [0, 0.05) is 32.4 Å². The van der Waals surface area contributed by atoms with Crippen LogP contribution in [0.15, 0.2) is 47.4 Å². The van der Waals surface area contributed by atoms with Gasteiger partial charge in [-0.1, -0.05) is 18.2 Å². The highest BCUT2D eigenvalue weighted by Gasteiger charge is 2.22. The number of sulfonamides is 1. The van der Waals surface area contributed by atoms with Gasteiger partial charge in [-0.2, -0.15) is 0 Å². The second-order valence-corrected chi connectivity index (χ2v) is 8.81. The first-order valence-electron chi connectivity index (χ1n) is 9.60. The summed E-state index contributed by atoms with van der Waals surface area (Å²) in [5.74, 6) is -0.0284. The van der Waals surface area contributed by atoms with Crippen molar-refractivity contribution in [1.82, 2.24) is 4.90 Å². The number of piperidine rings is 1. The number of carbonyl (C=O) groups is 1. The van der Waals surface area contributed by atoms with Crippen molar-refractivity contribution >= 4 is 21.6 Å². The summed E-state index contributed by atoms with van der Waals surface area (Å²) in [6, 6.07) is 12.1. The number of benzene rings is 2. The van der Waals surface area contributed by atoms with E-state index in [1.165, 1.54) is 44.6 Å². The van der Waals surface area contributed by atoms with Gasteiger partial charge in [0.15, 0.2) is 0 Å². The number of ether oxygens (including phenoxy) is 1. The largest absolute Gasteiger partial charge is 0.496 e. The molecule has 1 heterocycles. The Morgan fingerprint density at radius 3 is 2.48 bits per heavy atom. The predicted molar refractivity (Wildman–Crippen MR) is 113 cm³/mol. The number of para-hydroxylation sites is 1. The van der Waals surface area contributed by atoms with Crippen LogP contribution in [0.25, 0.3) is 0 Å². The van der Waals surface area contributed by atoms with Gasteiger partial charge in [-0.15, -0.1) is 0 Å². The van der Waals surface area contributed by atoms with Crippen molar-refractivity contribution in [2.24, 2.45) is 5.14 Å². The zero-order chi connectivity index (χ0) is 21.0. The Morgan fingerprint density at radius 2 is 1.83 bits per heavy atom. The molecule has 8 heteroatoms. The molecule has 0 saturated carbocycles. The first-order chi connectivity index (χ1) is 13.8. The molecule has 0 unspecified atom stereocenters. The number of amides is 1. The number of primary sulfonamides is 1. The Bertz CT molecular complexity index is 985. The number of rotatable bonds is 6. The van der Waals surface area contributed by atoms with E-state index >= 15 is 0 Å². The Kier molecular flexibility index (Phi) is 6.44. The van der Waals surface area contributed by atoms with E-state index < -0.39 is 10.0 Å². The van der Waals surface area contributed by atoms with Gasteiger partial charge in [0.1, 0.15) is 5.75 Å². The van der Waals surface area contributed by atoms with E-state index in [-0.39, 0.29) is 16.4 Å². The van der Waals surface area contributed by atoms with Crippen molar-refractivity contribution in [3.05, 3.63) is 53.6 Å². The van der Waals surface area contributed by atoms with Crippen LogP contribution in [0, 0.1) is 0 Å². The van der Waals surface area contributed by atoms with Crippen molar-refractivity contribution in [2.45, 2.75) is 30.7 Å². The molecule has 29 heavy (non-hydrogen) atoms. The fourth-order valence-corrected chi connectivity index (χ4v) is 4.19. The normalized spacial score (nSPS) is 14.5. The first kappa shape index (κ1) is 21.1. The van der Waals surface area contributed by atoms with E-state index in [4.69, 9.17) is 9.88 Å². The first-order valence-corrected chi connectivity index (χ1v) is 11.1. The summed E-state index contributed by atoms with van der Waals surface area (Å²) in [5.41, 5.74) is 2.35. The molecule has 0 radical (unpaired) electrons. The Morgan fingerprint density at radius 1 is 1.14 bits per heavy atom. The molecule has 1 amide bonds. The molecule has 0 bridgehead atoms. The molecule has 156 valence electrons. The minimum Gasteiger partial charge on any atom is -0.496 e. The topological polar surface area (TPSA) is 92.9 Å². The molecule has 1 fully saturated rings. The maximum absolute atomic E-state index is 13.1. The van der Waals surface area contributed by atoms with Crippen molar-refractivity contribution in [3.8, 4) is 5.75 Å². The standard InChI is InChI=1S/C21H27N3O4S/c1-23(15-16-8-4-5-9-19(16)24-12-6-3-7-13-24)21(25)18-14-17(29(22,26)27)10-11-20(18)28-2/h4-5,8-11,14H,3,6-7,12-13,15H2,1-2H3,(H2,22,26,27). The van der Waals surface area contributed by atoms with Gasteiger partial charge in [-0.3, -0.25) is 4.79 Å². The lowest BCUT2D eigenvalue weighted by Crippen LogP contribution is -2.32. The predicted octanol–water partition coefficient (Wildman–Crippen LogP) is 2.61. The van der Waals surface area contributed by atoms with E-state index in [1.807, 2.05) is 18.2 Å². The number of anilines is 1. The molecule has 1 saturated heterocycles. The molecule has 3 rings (SSSR count). The SMILES string of the molecule is COc1ccc(S(N)(=O)=O)cc1C(=O)N(C)Cc1ccccc1N1CCCCC1. The lowest BCUT2D eigenvalue weighted by atomic mass is 10.1. The van der Waals surface area contributed by atoms with Crippen molar-refractivity contribution in [3.63, 3.8) is 0 Å². The van der Waals surface area contributed by atoms with E-state index in [2.05, 4.69) is 11.0 Å². The highest BCUT2D eigenvalue weighted by atomic mass is 32.2. The van der Waals surface area contributed by atoms with Crippen LogP contribution in [0.5, 0.6) is 5.75 Å². The zero-order valence-electron chi connectivity index (χ0n) is 16.8. The Balaban J connectivity index is 1.87. The number of hydrogen-bond acceptors (Lipinski definition) is 5. The van der Waals surface area contributed by atoms with Gasteiger partial charge in [0.25, 0.3) is 5.91 Å². The molecular formula is C21H27N3O4S. The van der Waals surface area contributed by atoms with Gasteiger partial charge in [0.2, 0.25) is 10.0 Å². The third-order valence-corrected chi connectivity index (χ3v) is 6.08. The molecule has 1 aliphatic rings. The lowest BCUT2D eigenvalue weighted by molar-refractivity contribution is 0.0781. The summed E-state index contributed by atoms with van der Waals surface area (Å²) >= 11 is 0. The minimum atomic E-state index is -3.92. The maximum atomic E-state index is 13.1. The summed E-state index contributed by atoms with van der Waals surface area (Å²) < 4.78 is 28.7. The number of hydrogen-bond donors (Lipinski definition) is 1. The quantitative estimate of drug-likeness (QED) is 0.780. The number of nitrogens with zero attached hydrogens (tertiary/aromatic N) is 2. The summed E-state index contributed by atoms with van der Waals surface area (Å²) in [7, 11) is -0.791. The van der Waals surface area contributed by atoms with Gasteiger partial charge in [-0.25, -0.2) is 13.6 Å². The fourth-order valence-electron chi connectivity index (χ4n) is 3.65. The summed E-state index contributed by atoms with van der Waals surface area (Å²) in [4.78, 5) is 16.9. The monoisotopic (exact) mass is 417 g/mol. The molecule has 0 atom stereocenters. The van der Waals surface area contributed by atoms with Crippen LogP contribution >= 0.6 is 0 Å². The average molecular weight is 418 g/mol. The van der Waals surface area contributed by atoms with Gasteiger partial charge in [0.05, 0.1) is 17.6 Å². The maximum Gasteiger partial charge on any atom is 0.257 e. The third kappa shape index (κ3) is 4.89. The smallest absolute Gasteiger partial charge is 0.257 e. The molecule has 7 nitrogen and oxygen atoms in total. The van der Waals surface area contributed by atoms with Crippen LogP contribution in [-0.4, -0.2) is 46.5 Å². The highest BCUT2D eigenvalue weighted by molar-refractivity contribution is 7.89. The van der Waals surface area contributed by atoms with Crippen LogP contribution in [0.1, 0.15) is 35.2 Å². The van der Waals surface area contributed by atoms with Crippen molar-refractivity contribution in [1.29, 1.82) is 0 Å². The third-order valence-electron chi connectivity index (χ3n) is 5.17. The molecule has 0 aromatic heterocycles. The van der Waals surface area contributed by atoms with Gasteiger partial charge < -0.3 is 14.5 Å². The minimum absolute atomic E-state index is 0.122. The zero-order valence-corrected chi connectivity index (χ0v) is 17.6. The molecule has 0 aliphatic carbocycles. The molecule has 2 aromatic rings. The number of nitrogens with two attached hydrogens (primary N) is 1. The average Bonchev–Trinajstić information content (AvgIpc) is 2.73. The van der Waals surface area contributed by atoms with E-state index in [1.54, 1.807) is 11.9 Å². The number of carbonyl (C=O) groups excluding carboxylic acids is 1. The summed E-state index contributed by atoms with van der Waals surface area (Å²) in [5, 5.41) is 5.22. The second kappa shape index (κ2) is 8.84. The molecule has 0 spiro atoms. The number of methoxy groups -OCH3 is 1. The van der Waals surface area contributed by atoms with Crippen molar-refractivity contribution in [2.75, 3.05) is 32.1 Å². The van der Waals surface area contributed by atoms with Crippen LogP contribution in [0.3, 0.4) is 0 Å². The van der Waals surface area contributed by atoms with Gasteiger partial charge >= 0.3 is 0 Å². The molecule has 1 aliphatic heterocycles. The summed E-state index contributed by atoms with van der Waals surface area (Å²) in [6.45, 7) is 2.42. The molecular weight excluding hydrogens is 390 g/mol. The van der Waals surface area contributed by atoms with E-state index in [9.17, 15) is 13.2 Å². The van der Waals surface area contributed by atoms with Crippen LogP contribution in [0.2, 0.25) is 0 Å².